The molecule has 1 atom stereocenters. The Kier molecular flexibility index (Phi) is 3.08. The van der Waals surface area contributed by atoms with Gasteiger partial charge in [0.15, 0.2) is 5.75 Å². The summed E-state index contributed by atoms with van der Waals surface area (Å²) in [5.41, 5.74) is 5.30. The molecule has 0 heterocycles. The zero-order valence-electron chi connectivity index (χ0n) is 8.58. The first-order valence-corrected chi connectivity index (χ1v) is 5.68. The number of hydrogen-bond acceptors (Lipinski definition) is 4. The molecule has 0 saturated heterocycles. The average molecular weight is 250 g/mol. The highest BCUT2D eigenvalue weighted by Gasteiger charge is 2.14. The van der Waals surface area contributed by atoms with Crippen LogP contribution in [0.3, 0.4) is 0 Å². The lowest BCUT2D eigenvalue weighted by Gasteiger charge is -2.12. The molecule has 0 bridgehead atoms. The van der Waals surface area contributed by atoms with Crippen LogP contribution in [0.5, 0.6) is 5.75 Å². The summed E-state index contributed by atoms with van der Waals surface area (Å²) >= 11 is -2.74. The third-order valence-electron chi connectivity index (χ3n) is 2.30. The maximum atomic E-state index is 11.4. The Balaban J connectivity index is 2.72. The zero-order valence-corrected chi connectivity index (χ0v) is 9.40. The van der Waals surface area contributed by atoms with E-state index in [4.69, 9.17) is 5.73 Å². The van der Waals surface area contributed by atoms with Crippen molar-refractivity contribution in [2.24, 2.45) is 5.73 Å². The van der Waals surface area contributed by atoms with Crippen molar-refractivity contribution in [2.75, 3.05) is 0 Å². The molecule has 0 aliphatic carbocycles. The van der Waals surface area contributed by atoms with Crippen LogP contribution in [0, 0.1) is 0 Å². The van der Waals surface area contributed by atoms with Crippen molar-refractivity contribution < 1.29 is 17.7 Å². The second-order valence-corrected chi connectivity index (χ2v) is 3.89. The highest BCUT2D eigenvalue weighted by Crippen LogP contribution is 2.27. The Morgan fingerprint density at radius 1 is 1.24 bits per heavy atom. The van der Waals surface area contributed by atoms with Crippen LogP contribution in [0.4, 0.5) is 0 Å². The van der Waals surface area contributed by atoms with E-state index in [1.807, 2.05) is 0 Å². The van der Waals surface area contributed by atoms with Crippen LogP contribution in [-0.4, -0.2) is 14.7 Å². The number of benzene rings is 2. The summed E-state index contributed by atoms with van der Waals surface area (Å²) in [5.74, 6) is -0.799. The van der Waals surface area contributed by atoms with Crippen LogP contribution in [-0.2, 0) is 11.4 Å². The van der Waals surface area contributed by atoms with Crippen LogP contribution in [0.2, 0.25) is 0 Å². The summed E-state index contributed by atoms with van der Waals surface area (Å²) < 4.78 is 25.5. The van der Waals surface area contributed by atoms with E-state index in [2.05, 4.69) is 4.18 Å². The number of amides is 1. The quantitative estimate of drug-likeness (QED) is 0.826. The second kappa shape index (κ2) is 4.52. The fourth-order valence-electron chi connectivity index (χ4n) is 1.65. The summed E-state index contributed by atoms with van der Waals surface area (Å²) in [6, 6.07) is 10.1. The fourth-order valence-corrected chi connectivity index (χ4v) is 1.93. The third kappa shape index (κ3) is 2.27. The van der Waals surface area contributed by atoms with Gasteiger partial charge in [-0.25, -0.2) is 4.21 Å². The Bertz CT molecular complexity index is 611. The molecule has 17 heavy (non-hydrogen) atoms. The molecule has 0 aromatic heterocycles. The molecule has 0 radical (unpaired) electrons. The second-order valence-electron chi connectivity index (χ2n) is 3.31. The van der Waals surface area contributed by atoms with Crippen molar-refractivity contribution in [1.82, 2.24) is 0 Å². The van der Waals surface area contributed by atoms with E-state index in [9.17, 15) is 13.6 Å². The lowest BCUT2D eigenvalue weighted by atomic mass is 10.0. The lowest BCUT2D eigenvalue weighted by Crippen LogP contribution is -2.14. The molecule has 0 aliphatic heterocycles. The molecule has 2 N–H and O–H groups in total. The van der Waals surface area contributed by atoms with E-state index in [1.165, 1.54) is 6.07 Å². The van der Waals surface area contributed by atoms with Gasteiger partial charge in [0.1, 0.15) is 11.4 Å². The largest absolute Gasteiger partial charge is 0.740 e. The van der Waals surface area contributed by atoms with Crippen LogP contribution < -0.4 is 9.92 Å². The van der Waals surface area contributed by atoms with Crippen molar-refractivity contribution in [3.63, 3.8) is 0 Å². The third-order valence-corrected chi connectivity index (χ3v) is 2.61. The van der Waals surface area contributed by atoms with E-state index in [0.717, 1.165) is 5.39 Å². The molecule has 1 unspecified atom stereocenters. The van der Waals surface area contributed by atoms with Crippen LogP contribution >= 0.6 is 0 Å². The molecule has 6 heteroatoms. The minimum absolute atomic E-state index is 0.0623. The number of rotatable bonds is 3. The van der Waals surface area contributed by atoms with Gasteiger partial charge >= 0.3 is 0 Å². The van der Waals surface area contributed by atoms with E-state index in [0.29, 0.717) is 5.39 Å². The van der Waals surface area contributed by atoms with Gasteiger partial charge in [0, 0.05) is 0 Å². The van der Waals surface area contributed by atoms with Gasteiger partial charge in [-0.3, -0.25) is 4.79 Å². The van der Waals surface area contributed by atoms with Gasteiger partial charge < -0.3 is 14.5 Å². The molecule has 2 aromatic carbocycles. The van der Waals surface area contributed by atoms with Gasteiger partial charge in [-0.15, -0.1) is 0 Å². The molecular weight excluding hydrogens is 242 g/mol. The molecule has 1 amide bonds. The van der Waals surface area contributed by atoms with Gasteiger partial charge in [0.25, 0.3) is 5.91 Å². The summed E-state index contributed by atoms with van der Waals surface area (Å²) in [6.45, 7) is 0. The molecule has 0 spiro atoms. The number of hydrogen-bond donors (Lipinski definition) is 1. The molecule has 0 aliphatic rings. The number of nitrogens with two attached hydrogens (primary N) is 1. The van der Waals surface area contributed by atoms with Gasteiger partial charge in [-0.2, -0.15) is 0 Å². The highest BCUT2D eigenvalue weighted by atomic mass is 32.2. The average Bonchev–Trinajstić information content (AvgIpc) is 2.27. The van der Waals surface area contributed by atoms with Crippen LogP contribution in [0.15, 0.2) is 36.4 Å². The van der Waals surface area contributed by atoms with E-state index >= 15 is 0 Å². The van der Waals surface area contributed by atoms with Crippen LogP contribution in [0.1, 0.15) is 10.4 Å². The standard InChI is InChI=1S/C11H9NO4S/c12-11(13)10-8-4-2-1-3-7(8)5-6-9(10)16-17(14)15/h1-6H,(H2,12,13)(H,14,15)/p-1. The zero-order chi connectivity index (χ0) is 12.4. The Morgan fingerprint density at radius 3 is 2.59 bits per heavy atom. The monoisotopic (exact) mass is 250 g/mol. The fraction of sp³-hybridized carbons (Fsp3) is 0. The van der Waals surface area contributed by atoms with Gasteiger partial charge in [-0.05, 0) is 16.8 Å². The van der Waals surface area contributed by atoms with Crippen molar-refractivity contribution in [2.45, 2.75) is 0 Å². The van der Waals surface area contributed by atoms with Crippen molar-refractivity contribution in [1.29, 1.82) is 0 Å². The predicted molar refractivity (Wildman–Crippen MR) is 62.0 cm³/mol. The van der Waals surface area contributed by atoms with Crippen LogP contribution in [0.25, 0.3) is 10.8 Å². The Labute approximate surface area is 99.7 Å². The van der Waals surface area contributed by atoms with Crippen molar-refractivity contribution in [3.8, 4) is 5.75 Å². The minimum atomic E-state index is -2.74. The smallest absolute Gasteiger partial charge is 0.253 e. The van der Waals surface area contributed by atoms with Crippen molar-refractivity contribution >= 4 is 28.0 Å². The number of carbonyl (C=O) groups is 1. The lowest BCUT2D eigenvalue weighted by molar-refractivity contribution is 0.100. The normalized spacial score (nSPS) is 12.3. The highest BCUT2D eigenvalue weighted by molar-refractivity contribution is 7.74. The SMILES string of the molecule is NC(=O)c1c(OS(=O)[O-])ccc2ccccc12. The van der Waals surface area contributed by atoms with Crippen molar-refractivity contribution in [3.05, 3.63) is 42.0 Å². The Morgan fingerprint density at radius 2 is 1.94 bits per heavy atom. The van der Waals surface area contributed by atoms with E-state index < -0.39 is 17.3 Å². The van der Waals surface area contributed by atoms with Gasteiger partial charge in [0.05, 0.1) is 5.56 Å². The molecule has 2 aromatic rings. The summed E-state index contributed by atoms with van der Waals surface area (Å²) in [7, 11) is 0. The van der Waals surface area contributed by atoms with E-state index in [-0.39, 0.29) is 11.3 Å². The number of fused-ring (bicyclic) bond motifs is 1. The molecule has 0 fully saturated rings. The number of carbonyl (C=O) groups excluding carboxylic acids is 1. The maximum Gasteiger partial charge on any atom is 0.253 e. The summed E-state index contributed by atoms with van der Waals surface area (Å²) in [5, 5.41) is 1.34. The first kappa shape index (κ1) is 11.6. The summed E-state index contributed by atoms with van der Waals surface area (Å²) in [6.07, 6.45) is 0. The predicted octanol–water partition coefficient (Wildman–Crippen LogP) is 1.11. The first-order valence-electron chi connectivity index (χ1n) is 4.68. The molecule has 88 valence electrons. The number of primary amides is 1. The molecule has 5 nitrogen and oxygen atoms in total. The summed E-state index contributed by atoms with van der Waals surface area (Å²) in [4.78, 5) is 11.4. The van der Waals surface area contributed by atoms with Gasteiger partial charge in [-0.1, -0.05) is 30.3 Å². The topological polar surface area (TPSA) is 92.5 Å². The molecule has 0 saturated carbocycles. The molecule has 2 rings (SSSR count). The van der Waals surface area contributed by atoms with Gasteiger partial charge in [0.2, 0.25) is 0 Å². The van der Waals surface area contributed by atoms with E-state index in [1.54, 1.807) is 30.3 Å². The molecular formula is C11H8NO4S-. The maximum absolute atomic E-state index is 11.4. The Hall–Kier alpha value is -1.92. The minimum Gasteiger partial charge on any atom is -0.740 e. The first-order chi connectivity index (χ1) is 8.09.